The highest BCUT2D eigenvalue weighted by atomic mass is 35.5. The molecule has 2 heterocycles. The largest absolute Gasteiger partial charge is 0.378 e. The number of anilines is 1. The number of hydrogen-bond acceptors (Lipinski definition) is 5. The van der Waals surface area contributed by atoms with Crippen LogP contribution in [0.3, 0.4) is 0 Å². The van der Waals surface area contributed by atoms with Gasteiger partial charge in [0.25, 0.3) is 5.91 Å². The second-order valence-corrected chi connectivity index (χ2v) is 6.45. The van der Waals surface area contributed by atoms with Crippen molar-refractivity contribution in [2.24, 2.45) is 5.73 Å². The van der Waals surface area contributed by atoms with Crippen LogP contribution in [-0.4, -0.2) is 32.2 Å². The Morgan fingerprint density at radius 1 is 1.35 bits per heavy atom. The van der Waals surface area contributed by atoms with Crippen molar-refractivity contribution >= 4 is 33.8 Å². The number of nitrogens with two attached hydrogens (primary N) is 1. The van der Waals surface area contributed by atoms with Gasteiger partial charge in [-0.3, -0.25) is 4.79 Å². The number of amides is 1. The summed E-state index contributed by atoms with van der Waals surface area (Å²) < 4.78 is 5.35. The molecule has 0 aliphatic carbocycles. The highest BCUT2D eigenvalue weighted by molar-refractivity contribution is 7.18. The second kappa shape index (κ2) is 6.59. The van der Waals surface area contributed by atoms with Crippen molar-refractivity contribution in [3.63, 3.8) is 0 Å². The smallest absolute Gasteiger partial charge is 0.259 e. The third kappa shape index (κ3) is 2.91. The minimum absolute atomic E-state index is 0.358. The maximum absolute atomic E-state index is 11.9. The van der Waals surface area contributed by atoms with Gasteiger partial charge in [0.05, 0.1) is 18.8 Å². The molecule has 1 aliphatic heterocycles. The van der Waals surface area contributed by atoms with Crippen molar-refractivity contribution in [1.82, 2.24) is 0 Å². The molecule has 1 aromatic carbocycles. The predicted molar refractivity (Wildman–Crippen MR) is 91.0 cm³/mol. The van der Waals surface area contributed by atoms with Crippen LogP contribution in [0.4, 0.5) is 5.00 Å². The van der Waals surface area contributed by atoms with E-state index in [0.717, 1.165) is 5.00 Å². The Labute approximate surface area is 142 Å². The Kier molecular flexibility index (Phi) is 4.53. The summed E-state index contributed by atoms with van der Waals surface area (Å²) in [6, 6.07) is 9.37. The van der Waals surface area contributed by atoms with Gasteiger partial charge in [-0.1, -0.05) is 29.8 Å². The Balaban J connectivity index is 2.21. The average molecular weight is 348 g/mol. The summed E-state index contributed by atoms with van der Waals surface area (Å²) in [7, 11) is 0. The van der Waals surface area contributed by atoms with Crippen molar-refractivity contribution in [3.8, 4) is 17.2 Å². The van der Waals surface area contributed by atoms with Gasteiger partial charge in [0, 0.05) is 29.2 Å². The Bertz CT molecular complexity index is 791. The maximum atomic E-state index is 11.9. The number of hydrogen-bond donors (Lipinski definition) is 1. The molecule has 2 aromatic rings. The molecule has 1 amide bonds. The van der Waals surface area contributed by atoms with Crippen molar-refractivity contribution in [1.29, 1.82) is 5.26 Å². The van der Waals surface area contributed by atoms with Gasteiger partial charge in [-0.25, -0.2) is 0 Å². The Morgan fingerprint density at radius 3 is 2.65 bits per heavy atom. The third-order valence-electron chi connectivity index (χ3n) is 3.67. The number of halogens is 1. The van der Waals surface area contributed by atoms with Crippen molar-refractivity contribution in [2.45, 2.75) is 0 Å². The molecule has 0 spiro atoms. The molecule has 0 bridgehead atoms. The number of nitrogens with zero attached hydrogens (tertiary/aromatic N) is 2. The number of thiophene rings is 1. The van der Waals surface area contributed by atoms with Crippen molar-refractivity contribution in [2.75, 3.05) is 31.2 Å². The second-order valence-electron chi connectivity index (χ2n) is 5.04. The Hall–Kier alpha value is -2.07. The molecule has 1 saturated heterocycles. The lowest BCUT2D eigenvalue weighted by Crippen LogP contribution is -2.36. The van der Waals surface area contributed by atoms with Crippen molar-refractivity contribution in [3.05, 3.63) is 39.7 Å². The number of benzene rings is 1. The predicted octanol–water partition coefficient (Wildman–Crippen LogP) is 2.88. The molecule has 1 fully saturated rings. The fraction of sp³-hybridized carbons (Fsp3) is 0.250. The highest BCUT2D eigenvalue weighted by Gasteiger charge is 2.27. The molecule has 1 aromatic heterocycles. The van der Waals surface area contributed by atoms with Crippen LogP contribution in [-0.2, 0) is 4.74 Å². The average Bonchev–Trinajstić information content (AvgIpc) is 2.95. The van der Waals surface area contributed by atoms with Gasteiger partial charge < -0.3 is 15.4 Å². The van der Waals surface area contributed by atoms with E-state index in [0.29, 0.717) is 52.9 Å². The minimum atomic E-state index is -0.555. The van der Waals surface area contributed by atoms with E-state index in [-0.39, 0.29) is 0 Å². The zero-order valence-corrected chi connectivity index (χ0v) is 13.8. The van der Waals surface area contributed by atoms with Crippen LogP contribution in [0.5, 0.6) is 0 Å². The van der Waals surface area contributed by atoms with E-state index >= 15 is 0 Å². The zero-order valence-electron chi connectivity index (χ0n) is 12.2. The van der Waals surface area contributed by atoms with Gasteiger partial charge in [-0.2, -0.15) is 5.26 Å². The first kappa shape index (κ1) is 15.8. The number of morpholine rings is 1. The van der Waals surface area contributed by atoms with Gasteiger partial charge >= 0.3 is 0 Å². The molecular formula is C16H14ClN3O2S. The van der Waals surface area contributed by atoms with Crippen LogP contribution >= 0.6 is 22.9 Å². The molecule has 0 unspecified atom stereocenters. The van der Waals surface area contributed by atoms with Crippen LogP contribution in [0.25, 0.3) is 11.1 Å². The van der Waals surface area contributed by atoms with Gasteiger partial charge in [-0.15, -0.1) is 11.3 Å². The van der Waals surface area contributed by atoms with Gasteiger partial charge in [0.2, 0.25) is 0 Å². The van der Waals surface area contributed by atoms with E-state index in [9.17, 15) is 10.1 Å². The number of nitriles is 1. The van der Waals surface area contributed by atoms with E-state index in [1.807, 2.05) is 6.07 Å². The van der Waals surface area contributed by atoms with Gasteiger partial charge in [0.1, 0.15) is 15.9 Å². The van der Waals surface area contributed by atoms with Crippen LogP contribution in [0.15, 0.2) is 24.3 Å². The zero-order chi connectivity index (χ0) is 16.4. The number of carbonyl (C=O) groups is 1. The van der Waals surface area contributed by atoms with Crippen LogP contribution in [0.2, 0.25) is 5.02 Å². The first-order valence-electron chi connectivity index (χ1n) is 7.07. The lowest BCUT2D eigenvalue weighted by atomic mass is 10.0. The summed E-state index contributed by atoms with van der Waals surface area (Å²) in [6.45, 7) is 2.54. The number of carbonyl (C=O) groups excluding carboxylic acids is 1. The van der Waals surface area contributed by atoms with Gasteiger partial charge in [-0.05, 0) is 6.07 Å². The SMILES string of the molecule is N#Cc1c(N2CCOCC2)sc(C(N)=O)c1-c1ccccc1Cl. The standard InChI is InChI=1S/C16H14ClN3O2S/c17-12-4-2-1-3-10(12)13-11(9-18)16(23-14(13)15(19)21)20-5-7-22-8-6-20/h1-4H,5-8H2,(H2,19,21). The molecule has 5 nitrogen and oxygen atoms in total. The lowest BCUT2D eigenvalue weighted by Gasteiger charge is -2.27. The normalized spacial score (nSPS) is 14.5. The monoisotopic (exact) mass is 347 g/mol. The molecule has 3 rings (SSSR count). The summed E-state index contributed by atoms with van der Waals surface area (Å²) >= 11 is 7.51. The first-order chi connectivity index (χ1) is 11.1. The lowest BCUT2D eigenvalue weighted by molar-refractivity contribution is 0.100. The minimum Gasteiger partial charge on any atom is -0.378 e. The molecule has 0 atom stereocenters. The third-order valence-corrected chi connectivity index (χ3v) is 5.26. The van der Waals surface area contributed by atoms with Crippen LogP contribution in [0, 0.1) is 11.3 Å². The fourth-order valence-corrected chi connectivity index (χ4v) is 4.01. The summed E-state index contributed by atoms with van der Waals surface area (Å²) in [5.74, 6) is -0.555. The summed E-state index contributed by atoms with van der Waals surface area (Å²) in [6.07, 6.45) is 0. The molecule has 7 heteroatoms. The number of ether oxygens (including phenoxy) is 1. The summed E-state index contributed by atoms with van der Waals surface area (Å²) in [4.78, 5) is 14.3. The summed E-state index contributed by atoms with van der Waals surface area (Å²) in [5, 5.41) is 10.9. The molecule has 1 aliphatic rings. The number of primary amides is 1. The molecule has 118 valence electrons. The van der Waals surface area contributed by atoms with E-state index < -0.39 is 5.91 Å². The van der Waals surface area contributed by atoms with Crippen molar-refractivity contribution < 1.29 is 9.53 Å². The molecule has 0 radical (unpaired) electrons. The van der Waals surface area contributed by atoms with Gasteiger partial charge in [0.15, 0.2) is 0 Å². The summed E-state index contributed by atoms with van der Waals surface area (Å²) in [5.41, 5.74) is 7.16. The first-order valence-corrected chi connectivity index (χ1v) is 8.27. The topological polar surface area (TPSA) is 79.3 Å². The maximum Gasteiger partial charge on any atom is 0.259 e. The number of rotatable bonds is 3. The van der Waals surface area contributed by atoms with Crippen LogP contribution < -0.4 is 10.6 Å². The van der Waals surface area contributed by atoms with E-state index in [1.165, 1.54) is 11.3 Å². The Morgan fingerprint density at radius 2 is 2.04 bits per heavy atom. The molecule has 2 N–H and O–H groups in total. The van der Waals surface area contributed by atoms with Crippen LogP contribution in [0.1, 0.15) is 15.2 Å². The quantitative estimate of drug-likeness (QED) is 0.925. The fourth-order valence-electron chi connectivity index (χ4n) is 2.61. The molecule has 0 saturated carbocycles. The van der Waals surface area contributed by atoms with E-state index in [2.05, 4.69) is 11.0 Å². The highest BCUT2D eigenvalue weighted by Crippen LogP contribution is 2.43. The molecular weight excluding hydrogens is 334 g/mol. The van der Waals surface area contributed by atoms with E-state index in [1.54, 1.807) is 18.2 Å². The van der Waals surface area contributed by atoms with E-state index in [4.69, 9.17) is 22.1 Å². The molecule has 23 heavy (non-hydrogen) atoms.